The zero-order valence-electron chi connectivity index (χ0n) is 10.7. The summed E-state index contributed by atoms with van der Waals surface area (Å²) in [6, 6.07) is 8.97. The molecule has 0 fully saturated rings. The van der Waals surface area contributed by atoms with Crippen molar-refractivity contribution in [1.29, 1.82) is 0 Å². The highest BCUT2D eigenvalue weighted by atomic mass is 19.1. The number of ether oxygens (including phenoxy) is 1. The monoisotopic (exact) mass is 276 g/mol. The number of phenolic OH excluding ortho intramolecular Hbond substituents is 1. The predicted molar refractivity (Wildman–Crippen MR) is 71.2 cm³/mol. The lowest BCUT2D eigenvalue weighted by Crippen LogP contribution is -1.86. The van der Waals surface area contributed by atoms with Gasteiger partial charge in [0.1, 0.15) is 5.75 Å². The van der Waals surface area contributed by atoms with Gasteiger partial charge in [0.25, 0.3) is 0 Å². The molecule has 0 saturated carbocycles. The third-order valence-corrected chi connectivity index (χ3v) is 2.66. The number of hydrogen-bond acceptors (Lipinski definition) is 5. The molecule has 0 saturated heterocycles. The summed E-state index contributed by atoms with van der Waals surface area (Å²) in [5, 5.41) is 26.2. The number of aromatic hydroxyl groups is 1. The molecule has 2 aromatic rings. The van der Waals surface area contributed by atoms with Crippen LogP contribution in [0.4, 0.5) is 15.8 Å². The number of aliphatic hydroxyl groups excluding tert-OH is 1. The number of methoxy groups -OCH3 is 1. The molecule has 20 heavy (non-hydrogen) atoms. The van der Waals surface area contributed by atoms with E-state index in [1.807, 2.05) is 0 Å². The van der Waals surface area contributed by atoms with Crippen LogP contribution in [0.1, 0.15) is 5.56 Å². The summed E-state index contributed by atoms with van der Waals surface area (Å²) in [4.78, 5) is 0. The van der Waals surface area contributed by atoms with Crippen LogP contribution in [-0.2, 0) is 6.61 Å². The second-order valence-electron chi connectivity index (χ2n) is 3.99. The normalized spacial score (nSPS) is 10.9. The van der Waals surface area contributed by atoms with Crippen molar-refractivity contribution in [3.63, 3.8) is 0 Å². The molecule has 0 amide bonds. The fourth-order valence-electron chi connectivity index (χ4n) is 1.57. The quantitative estimate of drug-likeness (QED) is 0.840. The summed E-state index contributed by atoms with van der Waals surface area (Å²) >= 11 is 0. The van der Waals surface area contributed by atoms with Crippen LogP contribution < -0.4 is 4.74 Å². The van der Waals surface area contributed by atoms with Gasteiger partial charge in [-0.3, -0.25) is 0 Å². The first-order valence-corrected chi connectivity index (χ1v) is 5.82. The lowest BCUT2D eigenvalue weighted by molar-refractivity contribution is 0.281. The SMILES string of the molecule is COc1ccc(N=Nc2cc(F)c(O)cc2CO)cc1. The molecule has 2 rings (SSSR count). The number of phenols is 1. The molecule has 6 heteroatoms. The van der Waals surface area contributed by atoms with Crippen molar-refractivity contribution < 1.29 is 19.3 Å². The number of rotatable bonds is 4. The van der Waals surface area contributed by atoms with E-state index in [9.17, 15) is 9.50 Å². The van der Waals surface area contributed by atoms with Crippen molar-refractivity contribution >= 4 is 11.4 Å². The smallest absolute Gasteiger partial charge is 0.167 e. The minimum atomic E-state index is -0.814. The Hall–Kier alpha value is -2.47. The second-order valence-corrected chi connectivity index (χ2v) is 3.99. The van der Waals surface area contributed by atoms with Gasteiger partial charge in [-0.15, -0.1) is 0 Å². The van der Waals surface area contributed by atoms with E-state index < -0.39 is 11.6 Å². The molecule has 0 aliphatic carbocycles. The molecule has 104 valence electrons. The van der Waals surface area contributed by atoms with Gasteiger partial charge in [-0.2, -0.15) is 10.2 Å². The maximum Gasteiger partial charge on any atom is 0.167 e. The van der Waals surface area contributed by atoms with Crippen LogP contribution in [-0.4, -0.2) is 17.3 Å². The van der Waals surface area contributed by atoms with Crippen LogP contribution in [0, 0.1) is 5.82 Å². The van der Waals surface area contributed by atoms with Crippen LogP contribution in [0.25, 0.3) is 0 Å². The highest BCUT2D eigenvalue weighted by molar-refractivity contribution is 5.50. The van der Waals surface area contributed by atoms with Gasteiger partial charge in [-0.25, -0.2) is 4.39 Å². The van der Waals surface area contributed by atoms with E-state index in [1.54, 1.807) is 31.4 Å². The van der Waals surface area contributed by atoms with Crippen LogP contribution >= 0.6 is 0 Å². The molecule has 0 bridgehead atoms. The van der Waals surface area contributed by atoms with Gasteiger partial charge in [0, 0.05) is 11.6 Å². The molecule has 0 aromatic heterocycles. The molecule has 0 spiro atoms. The zero-order valence-corrected chi connectivity index (χ0v) is 10.7. The summed E-state index contributed by atoms with van der Waals surface area (Å²) in [5.41, 5.74) is 1.02. The van der Waals surface area contributed by atoms with E-state index in [0.717, 1.165) is 12.1 Å². The summed E-state index contributed by atoms with van der Waals surface area (Å²) in [6.45, 7) is -0.370. The van der Waals surface area contributed by atoms with Crippen LogP contribution in [0.5, 0.6) is 11.5 Å². The third kappa shape index (κ3) is 3.10. The highest BCUT2D eigenvalue weighted by Crippen LogP contribution is 2.29. The van der Waals surface area contributed by atoms with E-state index in [4.69, 9.17) is 9.84 Å². The Morgan fingerprint density at radius 2 is 1.85 bits per heavy atom. The van der Waals surface area contributed by atoms with Gasteiger partial charge < -0.3 is 14.9 Å². The summed E-state index contributed by atoms with van der Waals surface area (Å²) in [6.07, 6.45) is 0. The van der Waals surface area contributed by atoms with Crippen LogP contribution in [0.3, 0.4) is 0 Å². The summed E-state index contributed by atoms with van der Waals surface area (Å²) in [7, 11) is 1.56. The molecule has 5 nitrogen and oxygen atoms in total. The average molecular weight is 276 g/mol. The van der Waals surface area contributed by atoms with E-state index in [1.165, 1.54) is 0 Å². The Balaban J connectivity index is 2.28. The standard InChI is InChI=1S/C14H13FN2O3/c1-20-11-4-2-10(3-5-11)16-17-13-7-12(15)14(19)6-9(13)8-18/h2-7,18-19H,8H2,1H3. The minimum Gasteiger partial charge on any atom is -0.505 e. The van der Waals surface area contributed by atoms with Crippen molar-refractivity contribution in [3.8, 4) is 11.5 Å². The fraction of sp³-hybridized carbons (Fsp3) is 0.143. The van der Waals surface area contributed by atoms with Crippen LogP contribution in [0.2, 0.25) is 0 Å². The second kappa shape index (κ2) is 6.12. The van der Waals surface area contributed by atoms with Gasteiger partial charge in [-0.05, 0) is 30.3 Å². The zero-order chi connectivity index (χ0) is 14.5. The molecule has 0 radical (unpaired) electrons. The Bertz CT molecular complexity index is 627. The Labute approximate surface area is 115 Å². The molecule has 0 atom stereocenters. The van der Waals surface area contributed by atoms with Gasteiger partial charge in [0.15, 0.2) is 11.6 Å². The molecule has 0 aliphatic rings. The first-order valence-electron chi connectivity index (χ1n) is 5.82. The number of halogens is 1. The molecule has 0 unspecified atom stereocenters. The number of aliphatic hydroxyl groups is 1. The topological polar surface area (TPSA) is 74.4 Å². The molecular weight excluding hydrogens is 263 g/mol. The van der Waals surface area contributed by atoms with E-state index in [0.29, 0.717) is 17.0 Å². The third-order valence-electron chi connectivity index (χ3n) is 2.66. The molecule has 0 heterocycles. The van der Waals surface area contributed by atoms with Gasteiger partial charge in [0.2, 0.25) is 0 Å². The van der Waals surface area contributed by atoms with Crippen molar-refractivity contribution in [2.24, 2.45) is 10.2 Å². The van der Waals surface area contributed by atoms with Crippen molar-refractivity contribution in [2.75, 3.05) is 7.11 Å². The Morgan fingerprint density at radius 1 is 1.15 bits per heavy atom. The Kier molecular flexibility index (Phi) is 4.27. The minimum absolute atomic E-state index is 0.165. The van der Waals surface area contributed by atoms with Crippen molar-refractivity contribution in [3.05, 3.63) is 47.8 Å². The van der Waals surface area contributed by atoms with E-state index >= 15 is 0 Å². The van der Waals surface area contributed by atoms with Crippen molar-refractivity contribution in [1.82, 2.24) is 0 Å². The lowest BCUT2D eigenvalue weighted by Gasteiger charge is -2.03. The maximum atomic E-state index is 13.3. The number of azo groups is 1. The number of hydrogen-bond donors (Lipinski definition) is 2. The van der Waals surface area contributed by atoms with Crippen molar-refractivity contribution in [2.45, 2.75) is 6.61 Å². The van der Waals surface area contributed by atoms with Gasteiger partial charge >= 0.3 is 0 Å². The summed E-state index contributed by atoms with van der Waals surface area (Å²) < 4.78 is 18.3. The van der Waals surface area contributed by atoms with Gasteiger partial charge in [0.05, 0.1) is 25.1 Å². The summed E-state index contributed by atoms with van der Waals surface area (Å²) in [5.74, 6) is -0.654. The first kappa shape index (κ1) is 14.0. The van der Waals surface area contributed by atoms with Gasteiger partial charge in [-0.1, -0.05) is 0 Å². The molecule has 0 aliphatic heterocycles. The van der Waals surface area contributed by atoms with Crippen LogP contribution in [0.15, 0.2) is 46.6 Å². The maximum absolute atomic E-state index is 13.3. The fourth-order valence-corrected chi connectivity index (χ4v) is 1.57. The molecule has 2 N–H and O–H groups in total. The number of nitrogens with zero attached hydrogens (tertiary/aromatic N) is 2. The lowest BCUT2D eigenvalue weighted by atomic mass is 10.2. The first-order chi connectivity index (χ1) is 9.63. The van der Waals surface area contributed by atoms with E-state index in [2.05, 4.69) is 10.2 Å². The predicted octanol–water partition coefficient (Wildman–Crippen LogP) is 3.45. The molecule has 2 aromatic carbocycles. The number of benzene rings is 2. The Morgan fingerprint density at radius 3 is 2.45 bits per heavy atom. The van der Waals surface area contributed by atoms with E-state index in [-0.39, 0.29) is 12.3 Å². The largest absolute Gasteiger partial charge is 0.505 e. The highest BCUT2D eigenvalue weighted by Gasteiger charge is 2.08. The average Bonchev–Trinajstić information content (AvgIpc) is 2.48. The molecular formula is C14H13FN2O3.